The standard InChI is InChI=1S/C23H22ClN3O3S2/c1-15-25-26-23(32-15)31-14-19-18-6-3-4-7-20(18)30-21(19)22(28)27(2)12-5-13-29-17-10-8-16(24)9-11-17/h3-4,6-11H,5,12-14H2,1-2H3. The fourth-order valence-electron chi connectivity index (χ4n) is 3.18. The number of rotatable bonds is 9. The Bertz CT molecular complexity index is 1210. The molecule has 0 saturated carbocycles. The molecule has 0 radical (unpaired) electrons. The van der Waals surface area contributed by atoms with E-state index in [1.165, 1.54) is 0 Å². The van der Waals surface area contributed by atoms with Crippen LogP contribution in [0.2, 0.25) is 5.02 Å². The predicted octanol–water partition coefficient (Wildman–Crippen LogP) is 6.08. The van der Waals surface area contributed by atoms with Gasteiger partial charge in [0.05, 0.1) is 6.61 Å². The highest BCUT2D eigenvalue weighted by Crippen LogP contribution is 2.33. The summed E-state index contributed by atoms with van der Waals surface area (Å²) in [6.45, 7) is 2.97. The Morgan fingerprint density at radius 1 is 1.19 bits per heavy atom. The van der Waals surface area contributed by atoms with Crippen molar-refractivity contribution in [3.8, 4) is 5.75 Å². The first-order valence-electron chi connectivity index (χ1n) is 10.1. The Morgan fingerprint density at radius 2 is 1.97 bits per heavy atom. The molecule has 2 aromatic carbocycles. The minimum atomic E-state index is -0.142. The largest absolute Gasteiger partial charge is 0.494 e. The van der Waals surface area contributed by atoms with Crippen molar-refractivity contribution >= 4 is 51.6 Å². The second-order valence-corrected chi connectivity index (χ2v) is 10.0. The van der Waals surface area contributed by atoms with E-state index in [9.17, 15) is 4.79 Å². The van der Waals surface area contributed by atoms with Gasteiger partial charge in [0.1, 0.15) is 16.3 Å². The number of fused-ring (bicyclic) bond motifs is 1. The third-order valence-electron chi connectivity index (χ3n) is 4.81. The molecule has 0 spiro atoms. The molecule has 4 aromatic rings. The monoisotopic (exact) mass is 487 g/mol. The van der Waals surface area contributed by atoms with Gasteiger partial charge in [0.15, 0.2) is 10.1 Å². The van der Waals surface area contributed by atoms with E-state index in [4.69, 9.17) is 20.8 Å². The number of benzene rings is 2. The maximum atomic E-state index is 13.2. The number of halogens is 1. The second kappa shape index (κ2) is 10.4. The lowest BCUT2D eigenvalue weighted by Crippen LogP contribution is -2.29. The summed E-state index contributed by atoms with van der Waals surface area (Å²) in [5, 5.41) is 10.8. The molecule has 2 aromatic heterocycles. The molecule has 4 rings (SSSR count). The highest BCUT2D eigenvalue weighted by molar-refractivity contribution is 8.00. The maximum absolute atomic E-state index is 13.2. The van der Waals surface area contributed by atoms with E-state index in [0.717, 1.165) is 26.0 Å². The fourth-order valence-corrected chi connectivity index (χ4v) is 5.15. The van der Waals surface area contributed by atoms with Gasteiger partial charge in [0, 0.05) is 35.3 Å². The normalized spacial score (nSPS) is 11.1. The fraction of sp³-hybridized carbons (Fsp3) is 0.261. The lowest BCUT2D eigenvalue weighted by Gasteiger charge is -2.16. The number of hydrogen-bond donors (Lipinski definition) is 0. The van der Waals surface area contributed by atoms with Crippen LogP contribution in [0.3, 0.4) is 0 Å². The van der Waals surface area contributed by atoms with E-state index in [2.05, 4.69) is 10.2 Å². The minimum absolute atomic E-state index is 0.142. The van der Waals surface area contributed by atoms with Crippen molar-refractivity contribution in [3.63, 3.8) is 0 Å². The SMILES string of the molecule is Cc1nnc(SCc2c(C(=O)N(C)CCCOc3ccc(Cl)cc3)oc3ccccc23)s1. The molecule has 0 atom stereocenters. The van der Waals surface area contributed by atoms with Crippen LogP contribution in [0.25, 0.3) is 11.0 Å². The first kappa shape index (κ1) is 22.6. The molecule has 0 N–H and O–H groups in total. The van der Waals surface area contributed by atoms with Gasteiger partial charge in [-0.2, -0.15) is 0 Å². The average molecular weight is 488 g/mol. The molecule has 0 bridgehead atoms. The van der Waals surface area contributed by atoms with E-state index in [1.807, 2.05) is 43.3 Å². The molecule has 166 valence electrons. The molecule has 9 heteroatoms. The molecule has 0 saturated heterocycles. The number of carbonyl (C=O) groups excluding carboxylic acids is 1. The highest BCUT2D eigenvalue weighted by Gasteiger charge is 2.23. The summed E-state index contributed by atoms with van der Waals surface area (Å²) in [5.74, 6) is 1.57. The van der Waals surface area contributed by atoms with E-state index in [1.54, 1.807) is 47.2 Å². The van der Waals surface area contributed by atoms with Crippen molar-refractivity contribution in [3.05, 3.63) is 69.9 Å². The van der Waals surface area contributed by atoms with Gasteiger partial charge in [-0.05, 0) is 43.7 Å². The number of aromatic nitrogens is 2. The Balaban J connectivity index is 1.41. The van der Waals surface area contributed by atoms with E-state index in [0.29, 0.717) is 41.7 Å². The van der Waals surface area contributed by atoms with E-state index >= 15 is 0 Å². The van der Waals surface area contributed by atoms with Crippen LogP contribution in [-0.4, -0.2) is 41.2 Å². The molecule has 0 unspecified atom stereocenters. The number of hydrogen-bond acceptors (Lipinski definition) is 7. The molecule has 32 heavy (non-hydrogen) atoms. The van der Waals surface area contributed by atoms with Crippen LogP contribution in [-0.2, 0) is 5.75 Å². The number of para-hydroxylation sites is 1. The van der Waals surface area contributed by atoms with Crippen LogP contribution in [0.4, 0.5) is 0 Å². The molecular weight excluding hydrogens is 466 g/mol. The third-order valence-corrected chi connectivity index (χ3v) is 7.06. The van der Waals surface area contributed by atoms with Crippen molar-refractivity contribution in [2.24, 2.45) is 0 Å². The van der Waals surface area contributed by atoms with Gasteiger partial charge in [-0.3, -0.25) is 4.79 Å². The molecule has 2 heterocycles. The summed E-state index contributed by atoms with van der Waals surface area (Å²) in [7, 11) is 1.78. The van der Waals surface area contributed by atoms with Crippen LogP contribution >= 0.6 is 34.7 Å². The number of furan rings is 1. The quantitative estimate of drug-likeness (QED) is 0.210. The summed E-state index contributed by atoms with van der Waals surface area (Å²) in [6, 6.07) is 15.0. The molecule has 0 aliphatic rings. The summed E-state index contributed by atoms with van der Waals surface area (Å²) in [6.07, 6.45) is 0.694. The number of amides is 1. The Kier molecular flexibility index (Phi) is 7.34. The molecule has 0 aliphatic carbocycles. The average Bonchev–Trinajstić information content (AvgIpc) is 3.38. The van der Waals surface area contributed by atoms with Gasteiger partial charge in [0.2, 0.25) is 0 Å². The molecule has 0 fully saturated rings. The van der Waals surface area contributed by atoms with E-state index in [-0.39, 0.29) is 5.91 Å². The molecule has 1 amide bonds. The van der Waals surface area contributed by atoms with E-state index < -0.39 is 0 Å². The zero-order valence-electron chi connectivity index (χ0n) is 17.7. The third kappa shape index (κ3) is 5.43. The van der Waals surface area contributed by atoms with Crippen LogP contribution in [0.15, 0.2) is 57.3 Å². The van der Waals surface area contributed by atoms with Crippen molar-refractivity contribution in [1.29, 1.82) is 0 Å². The van der Waals surface area contributed by atoms with Gasteiger partial charge in [-0.25, -0.2) is 0 Å². The summed E-state index contributed by atoms with van der Waals surface area (Å²) >= 11 is 9.00. The zero-order chi connectivity index (χ0) is 22.5. The predicted molar refractivity (Wildman–Crippen MR) is 129 cm³/mol. The van der Waals surface area contributed by atoms with Gasteiger partial charge in [-0.15, -0.1) is 10.2 Å². The van der Waals surface area contributed by atoms with Gasteiger partial charge < -0.3 is 14.1 Å². The topological polar surface area (TPSA) is 68.5 Å². The first-order chi connectivity index (χ1) is 15.5. The van der Waals surface area contributed by atoms with Gasteiger partial charge >= 0.3 is 0 Å². The summed E-state index contributed by atoms with van der Waals surface area (Å²) in [5.41, 5.74) is 1.59. The van der Waals surface area contributed by atoms with Crippen molar-refractivity contribution in [1.82, 2.24) is 15.1 Å². The zero-order valence-corrected chi connectivity index (χ0v) is 20.1. The van der Waals surface area contributed by atoms with Gasteiger partial charge in [-0.1, -0.05) is 52.9 Å². The lowest BCUT2D eigenvalue weighted by atomic mass is 10.1. The first-order valence-corrected chi connectivity index (χ1v) is 12.3. The van der Waals surface area contributed by atoms with Crippen molar-refractivity contribution < 1.29 is 13.9 Å². The number of nitrogens with zero attached hydrogens (tertiary/aromatic N) is 3. The molecule has 6 nitrogen and oxygen atoms in total. The summed E-state index contributed by atoms with van der Waals surface area (Å²) < 4.78 is 12.6. The molecular formula is C23H22ClN3O3S2. The number of ether oxygens (including phenoxy) is 1. The van der Waals surface area contributed by atoms with Crippen LogP contribution < -0.4 is 4.74 Å². The number of aryl methyl sites for hydroxylation is 1. The number of thioether (sulfide) groups is 1. The van der Waals surface area contributed by atoms with Crippen LogP contribution in [0, 0.1) is 6.92 Å². The lowest BCUT2D eigenvalue weighted by molar-refractivity contribution is 0.0757. The smallest absolute Gasteiger partial charge is 0.289 e. The Labute approximate surface area is 199 Å². The molecule has 0 aliphatic heterocycles. The van der Waals surface area contributed by atoms with Crippen LogP contribution in [0.1, 0.15) is 27.5 Å². The van der Waals surface area contributed by atoms with Gasteiger partial charge in [0.25, 0.3) is 5.91 Å². The number of carbonyl (C=O) groups is 1. The maximum Gasteiger partial charge on any atom is 0.289 e. The van der Waals surface area contributed by atoms with Crippen LogP contribution in [0.5, 0.6) is 5.75 Å². The summed E-state index contributed by atoms with van der Waals surface area (Å²) in [4.78, 5) is 14.9. The minimum Gasteiger partial charge on any atom is -0.494 e. The van der Waals surface area contributed by atoms with Crippen molar-refractivity contribution in [2.75, 3.05) is 20.2 Å². The highest BCUT2D eigenvalue weighted by atomic mass is 35.5. The Morgan fingerprint density at radius 3 is 2.72 bits per heavy atom. The second-order valence-electron chi connectivity index (χ2n) is 7.16. The van der Waals surface area contributed by atoms with Crippen molar-refractivity contribution in [2.45, 2.75) is 23.4 Å². The Hall–Kier alpha value is -2.55.